The van der Waals surface area contributed by atoms with Crippen LogP contribution >= 0.6 is 0 Å². The Hall–Kier alpha value is -2.21. The molecule has 2 aromatic rings. The molecule has 0 fully saturated rings. The van der Waals surface area contributed by atoms with Gasteiger partial charge >= 0.3 is 5.92 Å². The Balaban J connectivity index is 2.13. The molecule has 1 aromatic heterocycles. The zero-order valence-corrected chi connectivity index (χ0v) is 10.9. The zero-order chi connectivity index (χ0) is 14.6. The highest BCUT2D eigenvalue weighted by molar-refractivity contribution is 5.49. The van der Waals surface area contributed by atoms with Gasteiger partial charge in [-0.3, -0.25) is 0 Å². The van der Waals surface area contributed by atoms with E-state index in [1.807, 2.05) is 0 Å². The van der Waals surface area contributed by atoms with Crippen molar-refractivity contribution in [3.63, 3.8) is 0 Å². The number of aromatic nitrogens is 1. The number of nitrogens with one attached hydrogen (secondary N) is 1. The third kappa shape index (κ3) is 3.03. The maximum Gasteiger partial charge on any atom is 0.306 e. The number of anilines is 1. The fourth-order valence-electron chi connectivity index (χ4n) is 1.75. The van der Waals surface area contributed by atoms with E-state index < -0.39 is 12.5 Å². The van der Waals surface area contributed by atoms with Crippen LogP contribution in [0.3, 0.4) is 0 Å². The van der Waals surface area contributed by atoms with E-state index in [9.17, 15) is 8.78 Å². The van der Waals surface area contributed by atoms with Crippen LogP contribution in [0.4, 0.5) is 14.6 Å². The van der Waals surface area contributed by atoms with Crippen LogP contribution in [-0.4, -0.2) is 11.6 Å². The molecular formula is C14H15F2N3O. The first-order valence-electron chi connectivity index (χ1n) is 6.03. The van der Waals surface area contributed by atoms with E-state index in [1.165, 1.54) is 24.4 Å². The lowest BCUT2D eigenvalue weighted by atomic mass is 10.1. The van der Waals surface area contributed by atoms with Gasteiger partial charge in [0.15, 0.2) is 6.61 Å². The van der Waals surface area contributed by atoms with Crippen LogP contribution in [0.5, 0.6) is 5.75 Å². The van der Waals surface area contributed by atoms with Crippen molar-refractivity contribution in [2.24, 2.45) is 5.84 Å². The van der Waals surface area contributed by atoms with E-state index in [0.29, 0.717) is 17.1 Å². The highest BCUT2D eigenvalue weighted by atomic mass is 19.3. The number of hydrazine groups is 1. The molecule has 3 N–H and O–H groups in total. The Morgan fingerprint density at radius 3 is 2.60 bits per heavy atom. The Labute approximate surface area is 115 Å². The largest absolute Gasteiger partial charge is 0.486 e. The Kier molecular flexibility index (Phi) is 4.14. The highest BCUT2D eigenvalue weighted by Crippen LogP contribution is 2.30. The first-order chi connectivity index (χ1) is 9.54. The number of hydrogen-bond donors (Lipinski definition) is 2. The number of alkyl halides is 2. The molecule has 0 atom stereocenters. The number of pyridine rings is 1. The lowest BCUT2D eigenvalue weighted by Crippen LogP contribution is -2.23. The van der Waals surface area contributed by atoms with Gasteiger partial charge in [-0.2, -0.15) is 8.78 Å². The molecule has 0 spiro atoms. The molecule has 0 saturated heterocycles. The van der Waals surface area contributed by atoms with E-state index in [0.717, 1.165) is 0 Å². The first-order valence-corrected chi connectivity index (χ1v) is 6.03. The van der Waals surface area contributed by atoms with E-state index in [4.69, 9.17) is 10.6 Å². The van der Waals surface area contributed by atoms with Crippen LogP contribution in [0.1, 0.15) is 11.1 Å². The summed E-state index contributed by atoms with van der Waals surface area (Å²) < 4.78 is 33.2. The van der Waals surface area contributed by atoms with Crippen molar-refractivity contribution >= 4 is 5.82 Å². The van der Waals surface area contributed by atoms with Crippen molar-refractivity contribution in [3.05, 3.63) is 53.7 Å². The second kappa shape index (κ2) is 5.83. The third-order valence-electron chi connectivity index (χ3n) is 2.90. The molecule has 0 aliphatic rings. The summed E-state index contributed by atoms with van der Waals surface area (Å²) in [4.78, 5) is 3.96. The molecular weight excluding hydrogens is 264 g/mol. The van der Waals surface area contributed by atoms with Gasteiger partial charge in [0, 0.05) is 17.3 Å². The average Bonchev–Trinajstić information content (AvgIpc) is 2.47. The van der Waals surface area contributed by atoms with E-state index in [-0.39, 0.29) is 5.56 Å². The molecule has 0 bridgehead atoms. The third-order valence-corrected chi connectivity index (χ3v) is 2.90. The maximum absolute atomic E-state index is 14.0. The summed E-state index contributed by atoms with van der Waals surface area (Å²) in [7, 11) is 0. The second-order valence-corrected chi connectivity index (χ2v) is 4.29. The normalized spacial score (nSPS) is 11.2. The molecule has 2 rings (SSSR count). The minimum Gasteiger partial charge on any atom is -0.486 e. The molecule has 1 aromatic carbocycles. The van der Waals surface area contributed by atoms with Gasteiger partial charge in [0.1, 0.15) is 11.6 Å². The molecule has 0 amide bonds. The maximum atomic E-state index is 14.0. The quantitative estimate of drug-likeness (QED) is 0.652. The van der Waals surface area contributed by atoms with Crippen molar-refractivity contribution in [1.82, 2.24) is 4.98 Å². The number of nitrogens with two attached hydrogens (primary N) is 1. The average molecular weight is 279 g/mol. The summed E-state index contributed by atoms with van der Waals surface area (Å²) in [5.41, 5.74) is 2.89. The summed E-state index contributed by atoms with van der Waals surface area (Å²) in [6, 6.07) is 9.09. The van der Waals surface area contributed by atoms with Crippen LogP contribution in [0, 0.1) is 6.92 Å². The number of benzene rings is 1. The molecule has 0 saturated carbocycles. The fraction of sp³-hybridized carbons (Fsp3) is 0.214. The van der Waals surface area contributed by atoms with Crippen LogP contribution in [-0.2, 0) is 5.92 Å². The van der Waals surface area contributed by atoms with Gasteiger partial charge in [-0.25, -0.2) is 10.8 Å². The molecule has 6 heteroatoms. The number of rotatable bonds is 5. The molecule has 106 valence electrons. The van der Waals surface area contributed by atoms with Gasteiger partial charge in [0.25, 0.3) is 0 Å². The van der Waals surface area contributed by atoms with E-state index >= 15 is 0 Å². The first kappa shape index (κ1) is 14.2. The SMILES string of the molecule is Cc1c(OCC(F)(F)c2ccccc2)ccnc1NN. The zero-order valence-electron chi connectivity index (χ0n) is 10.9. The van der Waals surface area contributed by atoms with Gasteiger partial charge < -0.3 is 10.2 Å². The molecule has 20 heavy (non-hydrogen) atoms. The number of ether oxygens (including phenoxy) is 1. The summed E-state index contributed by atoms with van der Waals surface area (Å²) in [6.45, 7) is 0.948. The molecule has 1 heterocycles. The van der Waals surface area contributed by atoms with E-state index in [2.05, 4.69) is 10.4 Å². The predicted molar refractivity (Wildman–Crippen MR) is 72.6 cm³/mol. The number of halogens is 2. The van der Waals surface area contributed by atoms with Crippen LogP contribution < -0.4 is 16.0 Å². The Morgan fingerprint density at radius 1 is 1.25 bits per heavy atom. The molecule has 0 aliphatic carbocycles. The van der Waals surface area contributed by atoms with E-state index in [1.54, 1.807) is 25.1 Å². The van der Waals surface area contributed by atoms with Crippen molar-refractivity contribution in [2.75, 3.05) is 12.0 Å². The molecule has 0 radical (unpaired) electrons. The highest BCUT2D eigenvalue weighted by Gasteiger charge is 2.32. The summed E-state index contributed by atoms with van der Waals surface area (Å²) >= 11 is 0. The smallest absolute Gasteiger partial charge is 0.306 e. The van der Waals surface area contributed by atoms with Gasteiger partial charge in [0.2, 0.25) is 0 Å². The van der Waals surface area contributed by atoms with Crippen LogP contribution in [0.15, 0.2) is 42.6 Å². The summed E-state index contributed by atoms with van der Waals surface area (Å²) in [5.74, 6) is 2.93. The number of nitrogens with zero attached hydrogens (tertiary/aromatic N) is 1. The lowest BCUT2D eigenvalue weighted by molar-refractivity contribution is -0.0468. The van der Waals surface area contributed by atoms with Gasteiger partial charge in [-0.05, 0) is 13.0 Å². The minimum atomic E-state index is -3.06. The Bertz CT molecular complexity index is 576. The van der Waals surface area contributed by atoms with Gasteiger partial charge in [-0.1, -0.05) is 30.3 Å². The molecule has 0 unspecified atom stereocenters. The fourth-order valence-corrected chi connectivity index (χ4v) is 1.75. The topological polar surface area (TPSA) is 60.2 Å². The summed E-state index contributed by atoms with van der Waals surface area (Å²) in [5, 5.41) is 0. The van der Waals surface area contributed by atoms with Gasteiger partial charge in [-0.15, -0.1) is 0 Å². The second-order valence-electron chi connectivity index (χ2n) is 4.29. The van der Waals surface area contributed by atoms with Crippen molar-refractivity contribution in [1.29, 1.82) is 0 Å². The van der Waals surface area contributed by atoms with Crippen LogP contribution in [0.2, 0.25) is 0 Å². The van der Waals surface area contributed by atoms with Crippen LogP contribution in [0.25, 0.3) is 0 Å². The minimum absolute atomic E-state index is 0.0797. The monoisotopic (exact) mass is 279 g/mol. The lowest BCUT2D eigenvalue weighted by Gasteiger charge is -2.18. The number of hydrogen-bond acceptors (Lipinski definition) is 4. The summed E-state index contributed by atoms with van der Waals surface area (Å²) in [6.07, 6.45) is 1.44. The van der Waals surface area contributed by atoms with Crippen molar-refractivity contribution in [2.45, 2.75) is 12.8 Å². The standard InChI is InChI=1S/C14H15F2N3O/c1-10-12(7-8-18-13(10)19-17)20-9-14(15,16)11-5-3-2-4-6-11/h2-8H,9,17H2,1H3,(H,18,19). The molecule has 0 aliphatic heterocycles. The van der Waals surface area contributed by atoms with Crippen molar-refractivity contribution in [3.8, 4) is 5.75 Å². The van der Waals surface area contributed by atoms with Gasteiger partial charge in [0.05, 0.1) is 0 Å². The van der Waals surface area contributed by atoms with Crippen molar-refractivity contribution < 1.29 is 13.5 Å². The number of nitrogen functional groups attached to an aromatic ring is 1. The predicted octanol–water partition coefficient (Wildman–Crippen LogP) is 2.85. The molecule has 4 nitrogen and oxygen atoms in total. The Morgan fingerprint density at radius 2 is 1.95 bits per heavy atom.